The summed E-state index contributed by atoms with van der Waals surface area (Å²) in [6.07, 6.45) is -4.58. The van der Waals surface area contributed by atoms with E-state index in [1.165, 1.54) is 50.2 Å². The molecule has 0 saturated heterocycles. The summed E-state index contributed by atoms with van der Waals surface area (Å²) in [5, 5.41) is 5.25. The largest absolute Gasteiger partial charge is 0.416 e. The van der Waals surface area contributed by atoms with Crippen LogP contribution in [0.1, 0.15) is 16.7 Å². The average molecular weight is 441 g/mol. The second-order valence-electron chi connectivity index (χ2n) is 6.84. The van der Waals surface area contributed by atoms with Crippen molar-refractivity contribution in [2.45, 2.75) is 24.9 Å². The van der Waals surface area contributed by atoms with Crippen LogP contribution in [0, 0.1) is 25.5 Å². The maximum absolute atomic E-state index is 14.1. The Morgan fingerprint density at radius 3 is 1.80 bits per heavy atom. The molecule has 3 rings (SSSR count). The van der Waals surface area contributed by atoms with E-state index in [2.05, 4.69) is 0 Å². The van der Waals surface area contributed by atoms with Gasteiger partial charge in [0.25, 0.3) is 0 Å². The van der Waals surface area contributed by atoms with Crippen molar-refractivity contribution in [2.24, 2.45) is 5.14 Å². The molecule has 9 heteroatoms. The zero-order valence-corrected chi connectivity index (χ0v) is 16.6. The number of hydrogen-bond donors (Lipinski definition) is 1. The third kappa shape index (κ3) is 4.08. The number of halogens is 5. The van der Waals surface area contributed by atoms with Gasteiger partial charge in [-0.05, 0) is 59.9 Å². The highest BCUT2D eigenvalue weighted by Crippen LogP contribution is 2.41. The van der Waals surface area contributed by atoms with Gasteiger partial charge in [0.15, 0.2) is 11.6 Å². The molecule has 0 radical (unpaired) electrons. The van der Waals surface area contributed by atoms with Crippen LogP contribution in [-0.2, 0) is 16.2 Å². The van der Waals surface area contributed by atoms with Crippen molar-refractivity contribution in [3.05, 3.63) is 76.9 Å². The van der Waals surface area contributed by atoms with Gasteiger partial charge >= 0.3 is 6.18 Å². The minimum Gasteiger partial charge on any atom is -0.225 e. The fourth-order valence-corrected chi connectivity index (χ4v) is 4.26. The molecular weight excluding hydrogens is 425 g/mol. The molecular formula is C21H16F5NO2S. The molecule has 30 heavy (non-hydrogen) atoms. The monoisotopic (exact) mass is 441 g/mol. The fourth-order valence-electron chi connectivity index (χ4n) is 3.51. The Balaban J connectivity index is 2.37. The number of sulfonamides is 1. The van der Waals surface area contributed by atoms with E-state index in [0.717, 1.165) is 12.1 Å². The predicted octanol–water partition coefficient (Wildman–Crippen LogP) is 5.58. The van der Waals surface area contributed by atoms with Crippen LogP contribution in [0.15, 0.2) is 53.4 Å². The number of benzene rings is 3. The Kier molecular flexibility index (Phi) is 5.46. The van der Waals surface area contributed by atoms with Crippen molar-refractivity contribution in [3.8, 4) is 22.3 Å². The summed E-state index contributed by atoms with van der Waals surface area (Å²) in [6, 6.07) is 9.49. The first-order valence-corrected chi connectivity index (χ1v) is 10.2. The molecule has 0 saturated carbocycles. The molecule has 2 N–H and O–H groups in total. The number of primary sulfonamides is 1. The molecule has 0 aromatic heterocycles. The lowest BCUT2D eigenvalue weighted by Crippen LogP contribution is -2.13. The minimum atomic E-state index is -4.58. The van der Waals surface area contributed by atoms with Crippen molar-refractivity contribution in [1.82, 2.24) is 0 Å². The Bertz CT molecular complexity index is 1230. The number of alkyl halides is 3. The van der Waals surface area contributed by atoms with Crippen molar-refractivity contribution in [1.29, 1.82) is 0 Å². The van der Waals surface area contributed by atoms with Gasteiger partial charge in [0.1, 0.15) is 0 Å². The standard InChI is InChI=1S/C21H16F5NO2S/c1-11-7-13(8-12(2)20(11)21(24,25)26)15-9-17(22)18(23)10-16(15)14-5-3-4-6-19(14)30(27,28)29/h3-10H,1-2H3,(H2,27,28,29). The summed E-state index contributed by atoms with van der Waals surface area (Å²) >= 11 is 0. The van der Waals surface area contributed by atoms with Crippen LogP contribution in [0.3, 0.4) is 0 Å². The Labute approximate surface area is 170 Å². The smallest absolute Gasteiger partial charge is 0.225 e. The number of nitrogens with two attached hydrogens (primary N) is 1. The summed E-state index contributed by atoms with van der Waals surface area (Å²) in [5.41, 5.74) is -0.830. The Hall–Kier alpha value is -2.78. The van der Waals surface area contributed by atoms with E-state index in [0.29, 0.717) is 0 Å². The second kappa shape index (κ2) is 7.48. The molecule has 0 fully saturated rings. The highest BCUT2D eigenvalue weighted by atomic mass is 32.2. The molecule has 3 nitrogen and oxygen atoms in total. The molecule has 3 aromatic carbocycles. The molecule has 0 unspecified atom stereocenters. The third-order valence-electron chi connectivity index (χ3n) is 4.67. The van der Waals surface area contributed by atoms with E-state index in [4.69, 9.17) is 5.14 Å². The summed E-state index contributed by atoms with van der Waals surface area (Å²) in [6.45, 7) is 2.52. The first-order chi connectivity index (χ1) is 13.8. The van der Waals surface area contributed by atoms with Crippen molar-refractivity contribution < 1.29 is 30.4 Å². The quantitative estimate of drug-likeness (QED) is 0.540. The Morgan fingerprint density at radius 2 is 1.30 bits per heavy atom. The van der Waals surface area contributed by atoms with Gasteiger partial charge in [0.05, 0.1) is 10.5 Å². The molecule has 0 amide bonds. The number of hydrogen-bond acceptors (Lipinski definition) is 2. The van der Waals surface area contributed by atoms with Crippen LogP contribution in [-0.4, -0.2) is 8.42 Å². The lowest BCUT2D eigenvalue weighted by molar-refractivity contribution is -0.138. The van der Waals surface area contributed by atoms with Gasteiger partial charge in [-0.15, -0.1) is 0 Å². The zero-order chi connectivity index (χ0) is 22.4. The SMILES string of the molecule is Cc1cc(-c2cc(F)c(F)cc2-c2ccccc2S(N)(=O)=O)cc(C)c1C(F)(F)F. The Morgan fingerprint density at radius 1 is 0.800 bits per heavy atom. The van der Waals surface area contributed by atoms with E-state index >= 15 is 0 Å². The summed E-state index contributed by atoms with van der Waals surface area (Å²) < 4.78 is 92.0. The van der Waals surface area contributed by atoms with Gasteiger partial charge in [-0.3, -0.25) is 0 Å². The molecule has 0 aliphatic rings. The van der Waals surface area contributed by atoms with Gasteiger partial charge < -0.3 is 0 Å². The topological polar surface area (TPSA) is 60.2 Å². The molecule has 0 spiro atoms. The van der Waals surface area contributed by atoms with E-state index in [-0.39, 0.29) is 38.3 Å². The highest BCUT2D eigenvalue weighted by molar-refractivity contribution is 7.89. The van der Waals surface area contributed by atoms with E-state index in [1.807, 2.05) is 0 Å². The van der Waals surface area contributed by atoms with Crippen molar-refractivity contribution in [2.75, 3.05) is 0 Å². The molecule has 0 heterocycles. The normalized spacial score (nSPS) is 12.3. The summed E-state index contributed by atoms with van der Waals surface area (Å²) in [4.78, 5) is -0.322. The lowest BCUT2D eigenvalue weighted by atomic mass is 9.90. The van der Waals surface area contributed by atoms with Gasteiger partial charge in [0, 0.05) is 5.56 Å². The van der Waals surface area contributed by atoms with Crippen LogP contribution in [0.2, 0.25) is 0 Å². The van der Waals surface area contributed by atoms with Crippen LogP contribution < -0.4 is 5.14 Å². The fraction of sp³-hybridized carbons (Fsp3) is 0.143. The summed E-state index contributed by atoms with van der Waals surface area (Å²) in [7, 11) is -4.21. The molecule has 0 aliphatic carbocycles. The van der Waals surface area contributed by atoms with Gasteiger partial charge in [0.2, 0.25) is 10.0 Å². The van der Waals surface area contributed by atoms with Crippen molar-refractivity contribution in [3.63, 3.8) is 0 Å². The van der Waals surface area contributed by atoms with Gasteiger partial charge in [-0.1, -0.05) is 30.3 Å². The molecule has 0 bridgehead atoms. The van der Waals surface area contributed by atoms with Gasteiger partial charge in [-0.2, -0.15) is 13.2 Å². The van der Waals surface area contributed by atoms with E-state index < -0.39 is 33.4 Å². The first kappa shape index (κ1) is 21.9. The lowest BCUT2D eigenvalue weighted by Gasteiger charge is -2.18. The molecule has 0 atom stereocenters. The maximum Gasteiger partial charge on any atom is 0.416 e. The van der Waals surface area contributed by atoms with Crippen LogP contribution in [0.5, 0.6) is 0 Å². The van der Waals surface area contributed by atoms with Crippen LogP contribution >= 0.6 is 0 Å². The van der Waals surface area contributed by atoms with Crippen LogP contribution in [0.25, 0.3) is 22.3 Å². The van der Waals surface area contributed by atoms with Crippen molar-refractivity contribution >= 4 is 10.0 Å². The highest BCUT2D eigenvalue weighted by Gasteiger charge is 2.34. The third-order valence-corrected chi connectivity index (χ3v) is 5.64. The summed E-state index contributed by atoms with van der Waals surface area (Å²) in [5.74, 6) is -2.46. The predicted molar refractivity (Wildman–Crippen MR) is 103 cm³/mol. The number of aryl methyl sites for hydroxylation is 2. The van der Waals surface area contributed by atoms with Crippen LogP contribution in [0.4, 0.5) is 22.0 Å². The second-order valence-corrected chi connectivity index (χ2v) is 8.37. The van der Waals surface area contributed by atoms with E-state index in [1.54, 1.807) is 0 Å². The van der Waals surface area contributed by atoms with E-state index in [9.17, 15) is 30.4 Å². The number of rotatable bonds is 3. The molecule has 158 valence electrons. The average Bonchev–Trinajstić information content (AvgIpc) is 2.61. The maximum atomic E-state index is 14.1. The molecule has 0 aliphatic heterocycles. The van der Waals surface area contributed by atoms with Gasteiger partial charge in [-0.25, -0.2) is 22.3 Å². The molecule has 3 aromatic rings. The first-order valence-electron chi connectivity index (χ1n) is 8.60. The minimum absolute atomic E-state index is 0.00380. The zero-order valence-electron chi connectivity index (χ0n) is 15.8.